The summed E-state index contributed by atoms with van der Waals surface area (Å²) in [4.78, 5) is 16.4. The zero-order valence-corrected chi connectivity index (χ0v) is 11.7. The molecule has 0 aliphatic rings. The highest BCUT2D eigenvalue weighted by Gasteiger charge is 2.21. The summed E-state index contributed by atoms with van der Waals surface area (Å²) >= 11 is 0. The number of carbonyl (C=O) groups is 1. The van der Waals surface area contributed by atoms with Gasteiger partial charge in [0.2, 0.25) is 0 Å². The van der Waals surface area contributed by atoms with Gasteiger partial charge in [0.25, 0.3) is 5.91 Å². The molecule has 4 nitrogen and oxygen atoms in total. The second kappa shape index (κ2) is 6.40. The van der Waals surface area contributed by atoms with Crippen LogP contribution in [0.3, 0.4) is 0 Å². The Morgan fingerprint density at radius 2 is 1.94 bits per heavy atom. The van der Waals surface area contributed by atoms with Crippen LogP contribution in [0.5, 0.6) is 0 Å². The van der Waals surface area contributed by atoms with Gasteiger partial charge in [0.15, 0.2) is 0 Å². The molecule has 0 heterocycles. The molecular formula is C14H23N3O. The van der Waals surface area contributed by atoms with Crippen molar-refractivity contribution in [2.75, 3.05) is 32.9 Å². The maximum atomic E-state index is 12.4. The van der Waals surface area contributed by atoms with Crippen molar-refractivity contribution in [1.29, 1.82) is 0 Å². The standard InChI is InChI=1S/C14H23N3O/c1-5-17(11(2)10-16(3)4)14(18)12-8-6-7-9-13(12)15/h6-9,11H,5,10,15H2,1-4H3. The summed E-state index contributed by atoms with van der Waals surface area (Å²) in [5.41, 5.74) is 6.99. The van der Waals surface area contributed by atoms with E-state index in [0.29, 0.717) is 17.8 Å². The van der Waals surface area contributed by atoms with Gasteiger partial charge in [-0.15, -0.1) is 0 Å². The lowest BCUT2D eigenvalue weighted by atomic mass is 10.1. The van der Waals surface area contributed by atoms with E-state index in [1.54, 1.807) is 12.1 Å². The van der Waals surface area contributed by atoms with Crippen LogP contribution < -0.4 is 5.73 Å². The first-order valence-corrected chi connectivity index (χ1v) is 6.27. The van der Waals surface area contributed by atoms with Gasteiger partial charge in [-0.3, -0.25) is 4.79 Å². The summed E-state index contributed by atoms with van der Waals surface area (Å²) in [5, 5.41) is 0. The number of rotatable bonds is 5. The van der Waals surface area contributed by atoms with E-state index in [1.807, 2.05) is 38.1 Å². The van der Waals surface area contributed by atoms with E-state index in [0.717, 1.165) is 6.54 Å². The van der Waals surface area contributed by atoms with Crippen molar-refractivity contribution in [2.45, 2.75) is 19.9 Å². The lowest BCUT2D eigenvalue weighted by Crippen LogP contribution is -2.43. The molecule has 2 N–H and O–H groups in total. The van der Waals surface area contributed by atoms with Crippen molar-refractivity contribution in [3.8, 4) is 0 Å². The Kier molecular flexibility index (Phi) is 5.16. The van der Waals surface area contributed by atoms with Gasteiger partial charge < -0.3 is 15.5 Å². The van der Waals surface area contributed by atoms with Crippen LogP contribution in [0, 0.1) is 0 Å². The third kappa shape index (κ3) is 3.47. The van der Waals surface area contributed by atoms with Crippen LogP contribution in [-0.2, 0) is 0 Å². The molecule has 1 unspecified atom stereocenters. The number of para-hydroxylation sites is 1. The van der Waals surface area contributed by atoms with Crippen molar-refractivity contribution in [3.05, 3.63) is 29.8 Å². The number of amides is 1. The molecule has 0 aliphatic heterocycles. The van der Waals surface area contributed by atoms with Gasteiger partial charge in [-0.2, -0.15) is 0 Å². The number of hydrogen-bond acceptors (Lipinski definition) is 3. The highest BCUT2D eigenvalue weighted by atomic mass is 16.2. The average Bonchev–Trinajstić information content (AvgIpc) is 2.29. The topological polar surface area (TPSA) is 49.6 Å². The van der Waals surface area contributed by atoms with Crippen molar-refractivity contribution in [1.82, 2.24) is 9.80 Å². The van der Waals surface area contributed by atoms with Gasteiger partial charge in [-0.05, 0) is 40.1 Å². The normalized spacial score (nSPS) is 12.5. The molecule has 0 saturated carbocycles. The summed E-state index contributed by atoms with van der Waals surface area (Å²) in [6.45, 7) is 5.57. The van der Waals surface area contributed by atoms with Crippen molar-refractivity contribution in [2.24, 2.45) is 0 Å². The number of hydrogen-bond donors (Lipinski definition) is 1. The second-order valence-electron chi connectivity index (χ2n) is 4.79. The number of carbonyl (C=O) groups excluding carboxylic acids is 1. The predicted molar refractivity (Wildman–Crippen MR) is 75.6 cm³/mol. The van der Waals surface area contributed by atoms with Crippen molar-refractivity contribution in [3.63, 3.8) is 0 Å². The Labute approximate surface area is 109 Å². The fourth-order valence-electron chi connectivity index (χ4n) is 2.13. The van der Waals surface area contributed by atoms with Crippen molar-refractivity contribution >= 4 is 11.6 Å². The maximum absolute atomic E-state index is 12.4. The molecule has 1 amide bonds. The van der Waals surface area contributed by atoms with Crippen molar-refractivity contribution < 1.29 is 4.79 Å². The second-order valence-corrected chi connectivity index (χ2v) is 4.79. The van der Waals surface area contributed by atoms with Crippen LogP contribution in [0.4, 0.5) is 5.69 Å². The maximum Gasteiger partial charge on any atom is 0.256 e. The van der Waals surface area contributed by atoms with Gasteiger partial charge >= 0.3 is 0 Å². The molecule has 0 saturated heterocycles. The Morgan fingerprint density at radius 1 is 1.33 bits per heavy atom. The fraction of sp³-hybridized carbons (Fsp3) is 0.500. The molecule has 18 heavy (non-hydrogen) atoms. The van der Waals surface area contributed by atoms with Crippen LogP contribution in [0.2, 0.25) is 0 Å². The van der Waals surface area contributed by atoms with E-state index in [9.17, 15) is 4.79 Å². The van der Waals surface area contributed by atoms with Gasteiger partial charge in [0.05, 0.1) is 5.56 Å². The van der Waals surface area contributed by atoms with Gasteiger partial charge in [0, 0.05) is 24.8 Å². The molecule has 0 aromatic heterocycles. The Morgan fingerprint density at radius 3 is 2.44 bits per heavy atom. The highest BCUT2D eigenvalue weighted by molar-refractivity contribution is 5.99. The Balaban J connectivity index is 2.89. The summed E-state index contributed by atoms with van der Waals surface area (Å²) in [5.74, 6) is 0.00458. The molecule has 0 spiro atoms. The van der Waals surface area contributed by atoms with Crippen LogP contribution >= 0.6 is 0 Å². The van der Waals surface area contributed by atoms with E-state index in [2.05, 4.69) is 11.8 Å². The van der Waals surface area contributed by atoms with E-state index >= 15 is 0 Å². The minimum atomic E-state index is 0.00458. The molecule has 100 valence electrons. The summed E-state index contributed by atoms with van der Waals surface area (Å²) < 4.78 is 0. The molecule has 0 radical (unpaired) electrons. The molecule has 1 aromatic rings. The third-order valence-corrected chi connectivity index (χ3v) is 2.95. The zero-order valence-electron chi connectivity index (χ0n) is 11.7. The van der Waals surface area contributed by atoms with E-state index in [-0.39, 0.29) is 11.9 Å². The fourth-order valence-corrected chi connectivity index (χ4v) is 2.13. The SMILES string of the molecule is CCN(C(=O)c1ccccc1N)C(C)CN(C)C. The smallest absolute Gasteiger partial charge is 0.256 e. The number of likely N-dealkylation sites (N-methyl/N-ethyl adjacent to an activating group) is 2. The van der Waals surface area contributed by atoms with E-state index in [1.165, 1.54) is 0 Å². The predicted octanol–water partition coefficient (Wildman–Crippen LogP) is 1.68. The van der Waals surface area contributed by atoms with Gasteiger partial charge in [-0.1, -0.05) is 12.1 Å². The molecule has 0 bridgehead atoms. The Bertz CT molecular complexity index is 404. The first kappa shape index (κ1) is 14.5. The minimum Gasteiger partial charge on any atom is -0.398 e. The number of anilines is 1. The van der Waals surface area contributed by atoms with Gasteiger partial charge in [-0.25, -0.2) is 0 Å². The first-order valence-electron chi connectivity index (χ1n) is 6.27. The largest absolute Gasteiger partial charge is 0.398 e. The molecule has 1 rings (SSSR count). The van der Waals surface area contributed by atoms with Crippen LogP contribution in [0.25, 0.3) is 0 Å². The number of benzene rings is 1. The lowest BCUT2D eigenvalue weighted by Gasteiger charge is -2.30. The van der Waals surface area contributed by atoms with Crippen LogP contribution in [0.15, 0.2) is 24.3 Å². The first-order chi connectivity index (χ1) is 8.47. The molecule has 1 atom stereocenters. The van der Waals surface area contributed by atoms with Crippen LogP contribution in [-0.4, -0.2) is 48.9 Å². The monoisotopic (exact) mass is 249 g/mol. The van der Waals surface area contributed by atoms with E-state index < -0.39 is 0 Å². The number of nitrogen functional groups attached to an aromatic ring is 1. The number of nitrogens with zero attached hydrogens (tertiary/aromatic N) is 2. The van der Waals surface area contributed by atoms with E-state index in [4.69, 9.17) is 5.73 Å². The number of nitrogens with two attached hydrogens (primary N) is 1. The molecule has 0 aliphatic carbocycles. The molecule has 0 fully saturated rings. The lowest BCUT2D eigenvalue weighted by molar-refractivity contribution is 0.0680. The zero-order chi connectivity index (χ0) is 13.7. The molecule has 4 heteroatoms. The summed E-state index contributed by atoms with van der Waals surface area (Å²) in [7, 11) is 4.01. The third-order valence-electron chi connectivity index (χ3n) is 2.95. The minimum absolute atomic E-state index is 0.00458. The molecule has 1 aromatic carbocycles. The van der Waals surface area contributed by atoms with Crippen LogP contribution in [0.1, 0.15) is 24.2 Å². The average molecular weight is 249 g/mol. The van der Waals surface area contributed by atoms with Gasteiger partial charge in [0.1, 0.15) is 0 Å². The Hall–Kier alpha value is -1.55. The molecular weight excluding hydrogens is 226 g/mol. The quantitative estimate of drug-likeness (QED) is 0.808. The summed E-state index contributed by atoms with van der Waals surface area (Å²) in [6, 6.07) is 7.39. The summed E-state index contributed by atoms with van der Waals surface area (Å²) in [6.07, 6.45) is 0. The highest BCUT2D eigenvalue weighted by Crippen LogP contribution is 2.15.